The Labute approximate surface area is 169 Å². The maximum atomic E-state index is 12.1. The molecule has 0 aromatic heterocycles. The van der Waals surface area contributed by atoms with Crippen LogP contribution in [0.2, 0.25) is 0 Å². The van der Waals surface area contributed by atoms with Gasteiger partial charge in [0.05, 0.1) is 12.0 Å². The number of hydrazone groups is 1. The summed E-state index contributed by atoms with van der Waals surface area (Å²) < 4.78 is 11.2. The van der Waals surface area contributed by atoms with Gasteiger partial charge in [0, 0.05) is 18.0 Å². The van der Waals surface area contributed by atoms with Crippen LogP contribution in [0.25, 0.3) is 0 Å². The molecule has 1 aliphatic carbocycles. The summed E-state index contributed by atoms with van der Waals surface area (Å²) >= 11 is 0. The summed E-state index contributed by atoms with van der Waals surface area (Å²) in [6.45, 7) is 12.0. The summed E-state index contributed by atoms with van der Waals surface area (Å²) in [4.78, 5) is 12.1. The van der Waals surface area contributed by atoms with E-state index in [0.29, 0.717) is 12.6 Å². The van der Waals surface area contributed by atoms with Gasteiger partial charge >= 0.3 is 5.97 Å². The van der Waals surface area contributed by atoms with Crippen molar-refractivity contribution in [3.05, 3.63) is 0 Å². The first-order chi connectivity index (χ1) is 13.1. The fourth-order valence-electron chi connectivity index (χ4n) is 2.88. The number of carbonyl (C=O) groups excluding carboxylic acids is 1. The lowest BCUT2D eigenvalue weighted by atomic mass is 9.95. The first-order valence-electron chi connectivity index (χ1n) is 10.4. The van der Waals surface area contributed by atoms with Crippen molar-refractivity contribution in [2.45, 2.75) is 92.0 Å². The Kier molecular flexibility index (Phi) is 10.6. The Hall–Kier alpha value is -1.54. The first-order valence-corrected chi connectivity index (χ1v) is 10.4. The molecule has 8 nitrogen and oxygen atoms in total. The van der Waals surface area contributed by atoms with Gasteiger partial charge in [-0.3, -0.25) is 10.2 Å². The van der Waals surface area contributed by atoms with Gasteiger partial charge in [0.1, 0.15) is 6.61 Å². The van der Waals surface area contributed by atoms with Crippen molar-refractivity contribution >= 4 is 11.8 Å². The second-order valence-corrected chi connectivity index (χ2v) is 9.01. The molecule has 0 radical (unpaired) electrons. The van der Waals surface area contributed by atoms with E-state index < -0.39 is 11.6 Å². The normalized spacial score (nSPS) is 18.6. The zero-order valence-electron chi connectivity index (χ0n) is 18.4. The van der Waals surface area contributed by atoms with E-state index in [1.807, 2.05) is 13.8 Å². The summed E-state index contributed by atoms with van der Waals surface area (Å²) in [7, 11) is 0. The molecule has 0 spiro atoms. The fourth-order valence-corrected chi connectivity index (χ4v) is 2.88. The molecule has 1 rings (SSSR count). The van der Waals surface area contributed by atoms with Crippen LogP contribution in [-0.4, -0.2) is 43.3 Å². The lowest BCUT2D eigenvalue weighted by molar-refractivity contribution is -0.162. The van der Waals surface area contributed by atoms with E-state index in [4.69, 9.17) is 15.0 Å². The second-order valence-electron chi connectivity index (χ2n) is 9.01. The van der Waals surface area contributed by atoms with Crippen LogP contribution >= 0.6 is 0 Å². The van der Waals surface area contributed by atoms with Gasteiger partial charge in [-0.1, -0.05) is 33.1 Å². The number of carbonyl (C=O) groups is 1. The molecule has 3 N–H and O–H groups in total. The minimum atomic E-state index is -0.592. The number of hydrogen-bond donors (Lipinski definition) is 3. The molecule has 1 saturated carbocycles. The molecule has 0 bridgehead atoms. The molecule has 0 aromatic rings. The smallest absolute Gasteiger partial charge is 0.313 e. The molecule has 2 atom stereocenters. The zero-order valence-corrected chi connectivity index (χ0v) is 18.4. The lowest BCUT2D eigenvalue weighted by Gasteiger charge is -2.26. The Morgan fingerprint density at radius 2 is 1.82 bits per heavy atom. The molecule has 0 aromatic carbocycles. The summed E-state index contributed by atoms with van der Waals surface area (Å²) in [5.74, 6) is -0.0814. The van der Waals surface area contributed by atoms with Gasteiger partial charge < -0.3 is 14.8 Å². The molecular formula is C20H39N5O3. The Morgan fingerprint density at radius 3 is 2.36 bits per heavy atom. The molecule has 0 saturated heterocycles. The number of nitrogens with zero attached hydrogens (tertiary/aromatic N) is 2. The molecule has 1 unspecified atom stereocenters. The average Bonchev–Trinajstić information content (AvgIpc) is 2.62. The van der Waals surface area contributed by atoms with Crippen molar-refractivity contribution in [3.63, 3.8) is 0 Å². The predicted molar refractivity (Wildman–Crippen MR) is 110 cm³/mol. The maximum absolute atomic E-state index is 12.1. The van der Waals surface area contributed by atoms with E-state index in [0.717, 1.165) is 0 Å². The highest BCUT2D eigenvalue weighted by Gasteiger charge is 2.27. The number of hydrogen-bond acceptors (Lipinski definition) is 7. The van der Waals surface area contributed by atoms with Crippen LogP contribution in [0.15, 0.2) is 10.2 Å². The molecule has 162 valence electrons. The predicted octanol–water partition coefficient (Wildman–Crippen LogP) is 3.82. The highest BCUT2D eigenvalue weighted by molar-refractivity contribution is 5.83. The van der Waals surface area contributed by atoms with E-state index in [9.17, 15) is 4.79 Å². The van der Waals surface area contributed by atoms with E-state index in [1.54, 1.807) is 20.8 Å². The van der Waals surface area contributed by atoms with Crippen LogP contribution < -0.4 is 10.7 Å². The molecule has 0 amide bonds. The standard InChI is InChI=1S/C20H39N5O3/c1-14(2)18(28-19(26)20(4,5)6)25-24-17(23-21)13-27-12-15(3)22-16-10-8-7-9-11-16/h14-16,18,21-22,25H,7-13H2,1-6H3/b23-21?,24-17-/t15-,18?/m0/s1. The van der Waals surface area contributed by atoms with Crippen molar-refractivity contribution in [1.29, 1.82) is 5.53 Å². The van der Waals surface area contributed by atoms with E-state index >= 15 is 0 Å². The minimum absolute atomic E-state index is 0.0164. The number of ether oxygens (including phenoxy) is 2. The fraction of sp³-hybridized carbons (Fsp3) is 0.900. The van der Waals surface area contributed by atoms with Gasteiger partial charge in [0.2, 0.25) is 0 Å². The van der Waals surface area contributed by atoms with Crippen LogP contribution in [0, 0.1) is 16.9 Å². The van der Waals surface area contributed by atoms with Crippen molar-refractivity contribution in [1.82, 2.24) is 10.7 Å². The summed E-state index contributed by atoms with van der Waals surface area (Å²) in [5, 5.41) is 11.1. The molecule has 1 aliphatic rings. The van der Waals surface area contributed by atoms with Gasteiger partial charge in [-0.05, 0) is 40.5 Å². The highest BCUT2D eigenvalue weighted by atomic mass is 16.6. The number of nitrogens with one attached hydrogen (secondary N) is 3. The third-order valence-corrected chi connectivity index (χ3v) is 4.63. The largest absolute Gasteiger partial charge is 0.440 e. The molecule has 1 fully saturated rings. The number of rotatable bonds is 10. The third kappa shape index (κ3) is 9.59. The Bertz CT molecular complexity index is 510. The monoisotopic (exact) mass is 397 g/mol. The van der Waals surface area contributed by atoms with Gasteiger partial charge in [0.25, 0.3) is 0 Å². The number of amidine groups is 1. The molecule has 0 heterocycles. The van der Waals surface area contributed by atoms with Gasteiger partial charge in [-0.2, -0.15) is 5.10 Å². The van der Waals surface area contributed by atoms with Crippen LogP contribution in [0.3, 0.4) is 0 Å². The van der Waals surface area contributed by atoms with E-state index in [1.165, 1.54) is 32.1 Å². The van der Waals surface area contributed by atoms with Gasteiger partial charge in [-0.25, -0.2) is 5.53 Å². The van der Waals surface area contributed by atoms with Crippen LogP contribution in [0.5, 0.6) is 0 Å². The van der Waals surface area contributed by atoms with Gasteiger partial charge in [-0.15, -0.1) is 5.11 Å². The van der Waals surface area contributed by atoms with Crippen LogP contribution in [0.4, 0.5) is 0 Å². The lowest BCUT2D eigenvalue weighted by Crippen LogP contribution is -2.40. The van der Waals surface area contributed by atoms with Crippen molar-refractivity contribution in [3.8, 4) is 0 Å². The summed E-state index contributed by atoms with van der Waals surface area (Å²) in [5.41, 5.74) is 9.52. The highest BCUT2D eigenvalue weighted by Crippen LogP contribution is 2.18. The Balaban J connectivity index is 2.43. The maximum Gasteiger partial charge on any atom is 0.313 e. The Morgan fingerprint density at radius 1 is 1.18 bits per heavy atom. The SMILES string of the molecule is CC(C)C(N/N=C(/COC[C@H](C)NC1CCCCC1)N=N)OC(=O)C(C)(C)C. The van der Waals surface area contributed by atoms with Crippen LogP contribution in [-0.2, 0) is 14.3 Å². The molecule has 28 heavy (non-hydrogen) atoms. The summed E-state index contributed by atoms with van der Waals surface area (Å²) in [6, 6.07) is 0.812. The third-order valence-electron chi connectivity index (χ3n) is 4.63. The topological polar surface area (TPSA) is 108 Å². The van der Waals surface area contributed by atoms with Crippen LogP contribution in [0.1, 0.15) is 73.6 Å². The first kappa shape index (κ1) is 24.5. The van der Waals surface area contributed by atoms with Crippen molar-refractivity contribution in [2.75, 3.05) is 13.2 Å². The van der Waals surface area contributed by atoms with E-state index in [2.05, 4.69) is 27.9 Å². The van der Waals surface area contributed by atoms with Crippen molar-refractivity contribution in [2.24, 2.45) is 21.5 Å². The van der Waals surface area contributed by atoms with Gasteiger partial charge in [0.15, 0.2) is 12.1 Å². The molecule has 8 heteroatoms. The van der Waals surface area contributed by atoms with E-state index in [-0.39, 0.29) is 30.4 Å². The average molecular weight is 398 g/mol. The quantitative estimate of drug-likeness (QED) is 0.130. The summed E-state index contributed by atoms with van der Waals surface area (Å²) in [6.07, 6.45) is 5.79. The molecular weight excluding hydrogens is 358 g/mol. The second kappa shape index (κ2) is 12.1. The minimum Gasteiger partial charge on any atom is -0.440 e. The zero-order chi connectivity index (χ0) is 21.2. The van der Waals surface area contributed by atoms with Crippen molar-refractivity contribution < 1.29 is 14.3 Å². The number of esters is 1. The molecule has 0 aliphatic heterocycles.